The quantitative estimate of drug-likeness (QED) is 0.388. The second kappa shape index (κ2) is 8.24. The molecule has 0 bridgehead atoms. The van der Waals surface area contributed by atoms with Crippen LogP contribution in [0, 0.1) is 16.5 Å². The Morgan fingerprint density at radius 3 is 2.63 bits per heavy atom. The molecule has 0 saturated heterocycles. The molecule has 3 rings (SSSR count). The summed E-state index contributed by atoms with van der Waals surface area (Å²) in [5, 5.41) is 8.93. The van der Waals surface area contributed by atoms with Gasteiger partial charge in [0.25, 0.3) is 0 Å². The van der Waals surface area contributed by atoms with Crippen LogP contribution in [0.2, 0.25) is 0 Å². The summed E-state index contributed by atoms with van der Waals surface area (Å²) in [5.41, 5.74) is 3.99. The number of ether oxygens (including phenoxy) is 1. The fraction of sp³-hybridized carbons (Fsp3) is 0.158. The minimum Gasteiger partial charge on any atom is -0.473 e. The Hall–Kier alpha value is -2.84. The van der Waals surface area contributed by atoms with Crippen LogP contribution in [0.3, 0.4) is 0 Å². The predicted octanol–water partition coefficient (Wildman–Crippen LogP) is 4.93. The summed E-state index contributed by atoms with van der Waals surface area (Å²) in [7, 11) is 1.96. The third-order valence-electron chi connectivity index (χ3n) is 4.14. The van der Waals surface area contributed by atoms with E-state index in [9.17, 15) is 0 Å². The van der Waals surface area contributed by atoms with Crippen molar-refractivity contribution in [1.29, 1.82) is 0 Å². The van der Waals surface area contributed by atoms with E-state index in [-0.39, 0.29) is 0 Å². The third-order valence-corrected chi connectivity index (χ3v) is 4.71. The van der Waals surface area contributed by atoms with E-state index in [1.807, 2.05) is 54.4 Å². The fourth-order valence-electron chi connectivity index (χ4n) is 2.66. The van der Waals surface area contributed by atoms with Gasteiger partial charge in [-0.25, -0.2) is 0 Å². The molecule has 0 amide bonds. The molecule has 140 valence electrons. The molecule has 0 spiro atoms. The summed E-state index contributed by atoms with van der Waals surface area (Å²) < 4.78 is 8.64. The van der Waals surface area contributed by atoms with Crippen LogP contribution in [-0.4, -0.2) is 28.5 Å². The molecule has 6 nitrogen and oxygen atoms in total. The average Bonchev–Trinajstić information content (AvgIpc) is 3.01. The van der Waals surface area contributed by atoms with Gasteiger partial charge in [-0.1, -0.05) is 18.7 Å². The SMILES string of the molecule is C=CN(C)c1cc(OCNc2cccc(-n3c(=S)[nH][nH]c3=S)c2)ccc1C. The number of aromatic nitrogens is 3. The molecular formula is C19H21N5OS2. The van der Waals surface area contributed by atoms with Crippen molar-refractivity contribution in [2.24, 2.45) is 0 Å². The Morgan fingerprint density at radius 1 is 1.19 bits per heavy atom. The maximum absolute atomic E-state index is 5.85. The van der Waals surface area contributed by atoms with Crippen LogP contribution in [0.1, 0.15) is 5.56 Å². The lowest BCUT2D eigenvalue weighted by Crippen LogP contribution is -2.11. The number of rotatable bonds is 7. The van der Waals surface area contributed by atoms with Gasteiger partial charge >= 0.3 is 0 Å². The Bertz CT molecular complexity index is 1040. The highest BCUT2D eigenvalue weighted by Crippen LogP contribution is 2.25. The van der Waals surface area contributed by atoms with Gasteiger partial charge in [-0.2, -0.15) is 0 Å². The first-order chi connectivity index (χ1) is 13.0. The zero-order valence-corrected chi connectivity index (χ0v) is 16.8. The molecule has 3 aromatic rings. The predicted molar refractivity (Wildman–Crippen MR) is 115 cm³/mol. The number of H-pyrrole nitrogens is 2. The van der Waals surface area contributed by atoms with Gasteiger partial charge in [0.2, 0.25) is 0 Å². The topological polar surface area (TPSA) is 61.0 Å². The number of benzene rings is 2. The van der Waals surface area contributed by atoms with Gasteiger partial charge in [0.05, 0.1) is 5.69 Å². The Labute approximate surface area is 168 Å². The first-order valence-electron chi connectivity index (χ1n) is 8.32. The summed E-state index contributed by atoms with van der Waals surface area (Å²) in [4.78, 5) is 1.96. The normalized spacial score (nSPS) is 10.4. The highest BCUT2D eigenvalue weighted by atomic mass is 32.1. The van der Waals surface area contributed by atoms with Crippen molar-refractivity contribution in [3.63, 3.8) is 0 Å². The van der Waals surface area contributed by atoms with Crippen LogP contribution < -0.4 is 15.0 Å². The first kappa shape index (κ1) is 18.9. The van der Waals surface area contributed by atoms with Crippen molar-refractivity contribution >= 4 is 35.8 Å². The summed E-state index contributed by atoms with van der Waals surface area (Å²) in [5.74, 6) is 0.781. The first-order valence-corrected chi connectivity index (χ1v) is 9.14. The Morgan fingerprint density at radius 2 is 1.93 bits per heavy atom. The van der Waals surface area contributed by atoms with E-state index < -0.39 is 0 Å². The van der Waals surface area contributed by atoms with Crippen molar-refractivity contribution in [3.8, 4) is 11.4 Å². The van der Waals surface area contributed by atoms with Gasteiger partial charge in [-0.3, -0.25) is 14.8 Å². The lowest BCUT2D eigenvalue weighted by molar-refractivity contribution is 0.347. The molecule has 0 fully saturated rings. The zero-order chi connectivity index (χ0) is 19.4. The van der Waals surface area contributed by atoms with E-state index in [2.05, 4.69) is 29.0 Å². The van der Waals surface area contributed by atoms with Crippen molar-refractivity contribution in [3.05, 3.63) is 70.3 Å². The molecule has 0 radical (unpaired) electrons. The molecular weight excluding hydrogens is 378 g/mol. The third kappa shape index (κ3) is 4.29. The smallest absolute Gasteiger partial charge is 0.198 e. The van der Waals surface area contributed by atoms with Gasteiger partial charge in [0, 0.05) is 24.5 Å². The largest absolute Gasteiger partial charge is 0.473 e. The van der Waals surface area contributed by atoms with Crippen LogP contribution in [0.15, 0.2) is 55.2 Å². The number of nitrogens with zero attached hydrogens (tertiary/aromatic N) is 2. The maximum Gasteiger partial charge on any atom is 0.198 e. The monoisotopic (exact) mass is 399 g/mol. The highest BCUT2D eigenvalue weighted by Gasteiger charge is 2.05. The summed E-state index contributed by atoms with van der Waals surface area (Å²) in [6, 6.07) is 13.8. The second-order valence-corrected chi connectivity index (χ2v) is 6.73. The Balaban J connectivity index is 1.70. The van der Waals surface area contributed by atoms with Gasteiger partial charge in [-0.15, -0.1) is 0 Å². The van der Waals surface area contributed by atoms with E-state index in [0.29, 0.717) is 16.3 Å². The number of aromatic amines is 2. The van der Waals surface area contributed by atoms with E-state index in [0.717, 1.165) is 28.4 Å². The van der Waals surface area contributed by atoms with Crippen LogP contribution >= 0.6 is 24.4 Å². The molecule has 2 aromatic carbocycles. The Kier molecular flexibility index (Phi) is 5.78. The van der Waals surface area contributed by atoms with Gasteiger partial charge in [-0.05, 0) is 67.4 Å². The number of anilines is 2. The van der Waals surface area contributed by atoms with E-state index in [1.54, 1.807) is 10.8 Å². The van der Waals surface area contributed by atoms with Gasteiger partial charge in [0.15, 0.2) is 16.3 Å². The van der Waals surface area contributed by atoms with Crippen molar-refractivity contribution in [1.82, 2.24) is 14.8 Å². The molecule has 27 heavy (non-hydrogen) atoms. The second-order valence-electron chi connectivity index (χ2n) is 5.95. The molecule has 3 N–H and O–H groups in total. The minimum atomic E-state index is 0.329. The van der Waals surface area contributed by atoms with Crippen LogP contribution in [0.25, 0.3) is 5.69 Å². The number of aryl methyl sites for hydroxylation is 1. The molecule has 0 unspecified atom stereocenters. The van der Waals surface area contributed by atoms with E-state index in [1.165, 1.54) is 0 Å². The molecule has 1 aromatic heterocycles. The van der Waals surface area contributed by atoms with Crippen molar-refractivity contribution in [2.45, 2.75) is 6.92 Å². The summed E-state index contributed by atoms with van der Waals surface area (Å²) >= 11 is 10.5. The maximum atomic E-state index is 5.85. The highest BCUT2D eigenvalue weighted by molar-refractivity contribution is 7.72. The van der Waals surface area contributed by atoms with Crippen molar-refractivity contribution < 1.29 is 4.74 Å². The van der Waals surface area contributed by atoms with E-state index in [4.69, 9.17) is 29.2 Å². The van der Waals surface area contributed by atoms with Crippen LogP contribution in [0.5, 0.6) is 5.75 Å². The number of nitrogens with one attached hydrogen (secondary N) is 3. The molecule has 8 heteroatoms. The lowest BCUT2D eigenvalue weighted by atomic mass is 10.2. The molecule has 0 aliphatic rings. The molecule has 0 atom stereocenters. The molecule has 0 aliphatic heterocycles. The minimum absolute atomic E-state index is 0.329. The summed E-state index contributed by atoms with van der Waals surface area (Å²) in [6.45, 7) is 6.19. The molecule has 1 heterocycles. The standard InChI is InChI=1S/C19H21N5OS2/c1-4-23(3)17-11-16(9-8-13(17)2)25-12-20-14-6-5-7-15(10-14)24-18(26)21-22-19(24)27/h4-11,20H,1,12H2,2-3H3,(H,21,26)(H,22,27). The molecule has 0 aliphatic carbocycles. The van der Waals surface area contributed by atoms with Gasteiger partial charge < -0.3 is 15.0 Å². The van der Waals surface area contributed by atoms with E-state index >= 15 is 0 Å². The number of hydrogen-bond acceptors (Lipinski definition) is 5. The van der Waals surface area contributed by atoms with Crippen molar-refractivity contribution in [2.75, 3.05) is 24.0 Å². The van der Waals surface area contributed by atoms with Crippen LogP contribution in [-0.2, 0) is 0 Å². The van der Waals surface area contributed by atoms with Crippen LogP contribution in [0.4, 0.5) is 11.4 Å². The lowest BCUT2D eigenvalue weighted by Gasteiger charge is -2.18. The van der Waals surface area contributed by atoms with Gasteiger partial charge in [0.1, 0.15) is 5.75 Å². The summed E-state index contributed by atoms with van der Waals surface area (Å²) in [6.07, 6.45) is 1.77. The molecule has 0 saturated carbocycles. The average molecular weight is 400 g/mol. The number of hydrogen-bond donors (Lipinski definition) is 3. The zero-order valence-electron chi connectivity index (χ0n) is 15.2. The fourth-order valence-corrected chi connectivity index (χ4v) is 3.21.